The molecule has 0 fully saturated rings. The molecule has 0 saturated heterocycles. The Labute approximate surface area is 147 Å². The van der Waals surface area contributed by atoms with Crippen LogP contribution in [-0.4, -0.2) is 19.6 Å². The Hall–Kier alpha value is -2.26. The number of sulfonamides is 1. The lowest BCUT2D eigenvalue weighted by Gasteiger charge is -2.14. The van der Waals surface area contributed by atoms with Gasteiger partial charge in [-0.25, -0.2) is 0 Å². The van der Waals surface area contributed by atoms with E-state index in [9.17, 15) is 21.6 Å². The summed E-state index contributed by atoms with van der Waals surface area (Å²) in [5, 5.41) is 3.99. The second-order valence-corrected chi connectivity index (χ2v) is 6.93. The summed E-state index contributed by atoms with van der Waals surface area (Å²) in [6.45, 7) is 1.44. The van der Waals surface area contributed by atoms with Crippen LogP contribution in [0.3, 0.4) is 0 Å². The third-order valence-corrected chi connectivity index (χ3v) is 4.28. The van der Waals surface area contributed by atoms with Gasteiger partial charge >= 0.3 is 15.5 Å². The van der Waals surface area contributed by atoms with Gasteiger partial charge in [0.15, 0.2) is 5.75 Å². The number of hydrogen-bond donors (Lipinski definition) is 1. The fourth-order valence-electron chi connectivity index (χ4n) is 1.76. The van der Waals surface area contributed by atoms with Crippen LogP contribution in [0.1, 0.15) is 12.5 Å². The second-order valence-electron chi connectivity index (χ2n) is 4.82. The first-order valence-corrected chi connectivity index (χ1v) is 8.62. The molecule has 0 aromatic heterocycles. The van der Waals surface area contributed by atoms with E-state index in [0.717, 1.165) is 6.07 Å². The monoisotopic (exact) mass is 392 g/mol. The number of para-hydroxylation sites is 1. The lowest BCUT2D eigenvalue weighted by Crippen LogP contribution is -2.30. The Morgan fingerprint density at radius 3 is 2.40 bits per heavy atom. The topological polar surface area (TPSA) is 67.8 Å². The molecule has 0 aliphatic heterocycles. The number of alkyl halides is 3. The normalized spacial score (nSPS) is 12.8. The molecule has 134 valence electrons. The molecule has 2 rings (SSSR count). The molecule has 10 heteroatoms. The van der Waals surface area contributed by atoms with Crippen LogP contribution >= 0.6 is 11.6 Å². The van der Waals surface area contributed by atoms with E-state index in [1.165, 1.54) is 23.8 Å². The number of nitrogens with zero attached hydrogens (tertiary/aromatic N) is 1. The molecule has 2 aromatic rings. The maximum atomic E-state index is 12.6. The number of benzene rings is 2. The van der Waals surface area contributed by atoms with Gasteiger partial charge in [-0.2, -0.15) is 21.6 Å². The van der Waals surface area contributed by atoms with Gasteiger partial charge in [0, 0.05) is 10.6 Å². The lowest BCUT2D eigenvalue weighted by atomic mass is 10.1. The lowest BCUT2D eigenvalue weighted by molar-refractivity contribution is -0.0429. The predicted octanol–water partition coefficient (Wildman–Crippen LogP) is 4.40. The van der Waals surface area contributed by atoms with E-state index < -0.39 is 15.5 Å². The summed E-state index contributed by atoms with van der Waals surface area (Å²) in [6, 6.07) is 12.1. The Morgan fingerprint density at radius 1 is 1.16 bits per heavy atom. The number of nitrogens with one attached hydrogen (secondary N) is 1. The summed E-state index contributed by atoms with van der Waals surface area (Å²) in [6.07, 6.45) is 0. The molecule has 0 amide bonds. The van der Waals surface area contributed by atoms with Crippen molar-refractivity contribution in [3.63, 3.8) is 0 Å². The summed E-state index contributed by atoms with van der Waals surface area (Å²) >= 11 is 5.84. The quantitative estimate of drug-likeness (QED) is 0.605. The van der Waals surface area contributed by atoms with E-state index in [0.29, 0.717) is 5.75 Å². The SMILES string of the molecule is C/C(=N\Oc1ccccc1)c1cc(Cl)ccc1NS(=O)(=O)C(F)(F)F. The molecule has 0 radical (unpaired) electrons. The zero-order valence-electron chi connectivity index (χ0n) is 12.7. The fraction of sp³-hybridized carbons (Fsp3) is 0.133. The molecule has 0 saturated carbocycles. The fourth-order valence-corrected chi connectivity index (χ4v) is 2.51. The minimum Gasteiger partial charge on any atom is -0.357 e. The second kappa shape index (κ2) is 7.32. The maximum absolute atomic E-state index is 12.6. The summed E-state index contributed by atoms with van der Waals surface area (Å²) in [7, 11) is -5.58. The highest BCUT2D eigenvalue weighted by atomic mass is 35.5. The molecule has 0 bridgehead atoms. The van der Waals surface area contributed by atoms with Gasteiger partial charge in [-0.3, -0.25) is 4.72 Å². The van der Waals surface area contributed by atoms with Gasteiger partial charge in [-0.05, 0) is 37.3 Å². The van der Waals surface area contributed by atoms with Crippen molar-refractivity contribution < 1.29 is 26.4 Å². The predicted molar refractivity (Wildman–Crippen MR) is 89.3 cm³/mol. The molecule has 0 atom stereocenters. The van der Waals surface area contributed by atoms with Crippen molar-refractivity contribution in [2.45, 2.75) is 12.4 Å². The number of rotatable bonds is 5. The Bertz CT molecular complexity index is 885. The van der Waals surface area contributed by atoms with E-state index in [4.69, 9.17) is 16.4 Å². The number of hydrogen-bond acceptors (Lipinski definition) is 4. The molecule has 1 N–H and O–H groups in total. The van der Waals surface area contributed by atoms with Crippen LogP contribution in [0.5, 0.6) is 5.75 Å². The average Bonchev–Trinajstić information content (AvgIpc) is 2.54. The summed E-state index contributed by atoms with van der Waals surface area (Å²) in [4.78, 5) is 5.16. The molecule has 0 aliphatic rings. The van der Waals surface area contributed by atoms with E-state index in [2.05, 4.69) is 5.16 Å². The molecule has 2 aromatic carbocycles. The summed E-state index contributed by atoms with van der Waals surface area (Å²) in [5.74, 6) is 0.404. The number of anilines is 1. The maximum Gasteiger partial charge on any atom is 0.516 e. The molecule has 25 heavy (non-hydrogen) atoms. The van der Waals surface area contributed by atoms with E-state index in [1.807, 2.05) is 0 Å². The minimum atomic E-state index is -5.58. The van der Waals surface area contributed by atoms with Gasteiger partial charge in [0.1, 0.15) is 0 Å². The smallest absolute Gasteiger partial charge is 0.357 e. The molecule has 0 heterocycles. The van der Waals surface area contributed by atoms with Gasteiger partial charge < -0.3 is 4.84 Å². The molecule has 0 aliphatic carbocycles. The minimum absolute atomic E-state index is 0.0521. The highest BCUT2D eigenvalue weighted by Gasteiger charge is 2.46. The van der Waals surface area contributed by atoms with E-state index >= 15 is 0 Å². The Morgan fingerprint density at radius 2 is 1.80 bits per heavy atom. The first kappa shape index (κ1) is 19.1. The van der Waals surface area contributed by atoms with Crippen LogP contribution in [0.15, 0.2) is 53.7 Å². The van der Waals surface area contributed by atoms with Crippen molar-refractivity contribution in [3.05, 3.63) is 59.1 Å². The van der Waals surface area contributed by atoms with Crippen LogP contribution < -0.4 is 9.56 Å². The molecule has 0 unspecified atom stereocenters. The van der Waals surface area contributed by atoms with Crippen molar-refractivity contribution in [3.8, 4) is 5.75 Å². The van der Waals surface area contributed by atoms with Gasteiger partial charge in [0.05, 0.1) is 11.4 Å². The highest BCUT2D eigenvalue weighted by molar-refractivity contribution is 7.93. The van der Waals surface area contributed by atoms with Gasteiger partial charge in [0.2, 0.25) is 0 Å². The van der Waals surface area contributed by atoms with Crippen molar-refractivity contribution in [1.82, 2.24) is 0 Å². The summed E-state index contributed by atoms with van der Waals surface area (Å²) in [5.41, 5.74) is -5.59. The first-order valence-electron chi connectivity index (χ1n) is 6.76. The van der Waals surface area contributed by atoms with Crippen LogP contribution in [0.4, 0.5) is 18.9 Å². The van der Waals surface area contributed by atoms with Crippen molar-refractivity contribution >= 4 is 33.0 Å². The Kier molecular flexibility index (Phi) is 5.58. The molecular formula is C15H12ClF3N2O3S. The largest absolute Gasteiger partial charge is 0.516 e. The van der Waals surface area contributed by atoms with Gasteiger partial charge in [-0.15, -0.1) is 0 Å². The van der Waals surface area contributed by atoms with Crippen LogP contribution in [0, 0.1) is 0 Å². The molecule has 5 nitrogen and oxygen atoms in total. The zero-order valence-corrected chi connectivity index (χ0v) is 14.3. The molecule has 0 spiro atoms. The van der Waals surface area contributed by atoms with E-state index in [1.54, 1.807) is 30.3 Å². The van der Waals surface area contributed by atoms with Gasteiger partial charge in [-0.1, -0.05) is 35.0 Å². The van der Waals surface area contributed by atoms with Crippen LogP contribution in [0.2, 0.25) is 5.02 Å². The summed E-state index contributed by atoms with van der Waals surface area (Å²) < 4.78 is 61.8. The third-order valence-electron chi connectivity index (χ3n) is 2.95. The van der Waals surface area contributed by atoms with Crippen molar-refractivity contribution in [1.29, 1.82) is 0 Å². The zero-order chi connectivity index (χ0) is 18.7. The highest BCUT2D eigenvalue weighted by Crippen LogP contribution is 2.29. The van der Waals surface area contributed by atoms with Crippen LogP contribution in [0.25, 0.3) is 0 Å². The first-order chi connectivity index (χ1) is 11.6. The average molecular weight is 393 g/mol. The van der Waals surface area contributed by atoms with Crippen LogP contribution in [-0.2, 0) is 10.0 Å². The Balaban J connectivity index is 2.35. The third kappa shape index (κ3) is 4.86. The standard InChI is InChI=1S/C15H12ClF3N2O3S/c1-10(20-24-12-5-3-2-4-6-12)13-9-11(16)7-8-14(13)21-25(22,23)15(17,18)19/h2-9,21H,1H3/b20-10+. The van der Waals surface area contributed by atoms with Gasteiger partial charge in [0.25, 0.3) is 0 Å². The number of oxime groups is 1. The number of halogens is 4. The molecular weight excluding hydrogens is 381 g/mol. The van der Waals surface area contributed by atoms with Crippen molar-refractivity contribution in [2.24, 2.45) is 5.16 Å². The van der Waals surface area contributed by atoms with Crippen molar-refractivity contribution in [2.75, 3.05) is 4.72 Å². The van der Waals surface area contributed by atoms with E-state index in [-0.39, 0.29) is 22.0 Å².